The molecule has 0 aliphatic carbocycles. The number of amides is 2. The van der Waals surface area contributed by atoms with Gasteiger partial charge in [-0.05, 0) is 70.3 Å². The Hall–Kier alpha value is -1.71. The summed E-state index contributed by atoms with van der Waals surface area (Å²) in [5.41, 5.74) is 0.831. The molecule has 2 amide bonds. The average Bonchev–Trinajstić information content (AvgIpc) is 2.91. The van der Waals surface area contributed by atoms with Gasteiger partial charge in [0.1, 0.15) is 18.1 Å². The van der Waals surface area contributed by atoms with Crippen LogP contribution in [0.15, 0.2) is 47.4 Å². The zero-order valence-electron chi connectivity index (χ0n) is 14.3. The van der Waals surface area contributed by atoms with Crippen LogP contribution < -0.4 is 9.47 Å². The quantitative estimate of drug-likeness (QED) is 0.397. The van der Waals surface area contributed by atoms with Gasteiger partial charge in [-0.3, -0.25) is 14.5 Å². The van der Waals surface area contributed by atoms with Gasteiger partial charge in [0.15, 0.2) is 0 Å². The molecule has 0 bridgehead atoms. The minimum absolute atomic E-state index is 0.160. The Morgan fingerprint density at radius 2 is 1.96 bits per heavy atom. The molecule has 27 heavy (non-hydrogen) atoms. The summed E-state index contributed by atoms with van der Waals surface area (Å²) in [6.45, 7) is 0.336. The first-order valence-corrected chi connectivity index (χ1v) is 10.2. The molecule has 5 nitrogen and oxygen atoms in total. The van der Waals surface area contributed by atoms with Crippen LogP contribution in [-0.2, 0) is 4.79 Å². The van der Waals surface area contributed by atoms with Crippen LogP contribution in [0.25, 0.3) is 6.08 Å². The zero-order chi connectivity index (χ0) is 19.4. The van der Waals surface area contributed by atoms with E-state index in [1.807, 2.05) is 18.2 Å². The third-order valence-electron chi connectivity index (χ3n) is 3.76. The number of hydrogen-bond donors (Lipinski definition) is 0. The number of carbonyl (C=O) groups excluding carboxylic acids is 2. The Balaban J connectivity index is 1.66. The molecule has 8 heteroatoms. The Bertz CT molecular complexity index is 918. The van der Waals surface area contributed by atoms with Gasteiger partial charge in [-0.2, -0.15) is 0 Å². The molecule has 1 saturated heterocycles. The fraction of sp³-hybridized carbons (Fsp3) is 0.158. The lowest BCUT2D eigenvalue weighted by Gasteiger charge is -2.13. The number of thioether (sulfide) groups is 1. The van der Waals surface area contributed by atoms with Gasteiger partial charge >= 0.3 is 0 Å². The van der Waals surface area contributed by atoms with Crippen LogP contribution in [0.2, 0.25) is 5.02 Å². The third kappa shape index (κ3) is 4.77. The molecule has 1 aliphatic rings. The number of nitrogens with zero attached hydrogens (tertiary/aromatic N) is 1. The molecule has 1 heterocycles. The number of carbonyl (C=O) groups is 2. The minimum atomic E-state index is -0.321. The molecular formula is C19H15ClINO4S. The summed E-state index contributed by atoms with van der Waals surface area (Å²) in [6.07, 6.45) is 1.71. The number of hydrogen-bond acceptors (Lipinski definition) is 5. The standard InChI is InChI=1S/C19H15ClINO4S/c1-25-16-7-6-12(10-14(16)21)11-17-18(23)22(19(24)27-17)8-9-26-15-5-3-2-4-13(15)20/h2-7,10-11H,8-9H2,1H3/b17-11-. The maximum atomic E-state index is 12.5. The van der Waals surface area contributed by atoms with Gasteiger partial charge in [0.2, 0.25) is 0 Å². The minimum Gasteiger partial charge on any atom is -0.496 e. The van der Waals surface area contributed by atoms with E-state index in [2.05, 4.69) is 22.6 Å². The molecule has 3 rings (SSSR count). The van der Waals surface area contributed by atoms with Crippen molar-refractivity contribution < 1.29 is 19.1 Å². The smallest absolute Gasteiger partial charge is 0.293 e. The summed E-state index contributed by atoms with van der Waals surface area (Å²) in [4.78, 5) is 26.3. The summed E-state index contributed by atoms with van der Waals surface area (Å²) in [7, 11) is 1.60. The van der Waals surface area contributed by atoms with Crippen LogP contribution in [0.1, 0.15) is 5.56 Å². The van der Waals surface area contributed by atoms with Crippen LogP contribution in [-0.4, -0.2) is 36.3 Å². The van der Waals surface area contributed by atoms with Gasteiger partial charge in [0, 0.05) is 0 Å². The van der Waals surface area contributed by atoms with Gasteiger partial charge in [-0.25, -0.2) is 0 Å². The Morgan fingerprint density at radius 1 is 1.19 bits per heavy atom. The van der Waals surface area contributed by atoms with Gasteiger partial charge in [0.05, 0.1) is 27.2 Å². The number of imide groups is 1. The summed E-state index contributed by atoms with van der Waals surface area (Å²) >= 11 is 9.12. The largest absolute Gasteiger partial charge is 0.496 e. The first-order chi connectivity index (χ1) is 13.0. The first-order valence-electron chi connectivity index (χ1n) is 7.96. The normalized spacial score (nSPS) is 15.5. The van der Waals surface area contributed by atoms with E-state index >= 15 is 0 Å². The maximum Gasteiger partial charge on any atom is 0.293 e. The lowest BCUT2D eigenvalue weighted by Crippen LogP contribution is -2.32. The molecule has 2 aromatic carbocycles. The fourth-order valence-corrected chi connectivity index (χ4v) is 4.24. The number of methoxy groups -OCH3 is 1. The number of rotatable bonds is 6. The van der Waals surface area contributed by atoms with E-state index in [4.69, 9.17) is 21.1 Å². The SMILES string of the molecule is COc1ccc(/C=C2\SC(=O)N(CCOc3ccccc3Cl)C2=O)cc1I. The van der Waals surface area contributed by atoms with Crippen molar-refractivity contribution in [1.82, 2.24) is 4.90 Å². The van der Waals surface area contributed by atoms with Gasteiger partial charge in [-0.1, -0.05) is 29.8 Å². The number of benzene rings is 2. The maximum absolute atomic E-state index is 12.5. The Morgan fingerprint density at radius 3 is 2.67 bits per heavy atom. The highest BCUT2D eigenvalue weighted by atomic mass is 127. The van der Waals surface area contributed by atoms with Gasteiger partial charge < -0.3 is 9.47 Å². The summed E-state index contributed by atoms with van der Waals surface area (Å²) in [5.74, 6) is 0.964. The molecule has 0 atom stereocenters. The van der Waals surface area contributed by atoms with E-state index in [1.165, 1.54) is 4.90 Å². The molecule has 0 unspecified atom stereocenters. The van der Waals surface area contributed by atoms with Crippen molar-refractivity contribution in [3.63, 3.8) is 0 Å². The number of halogens is 2. The fourth-order valence-electron chi connectivity index (χ4n) is 2.43. The Labute approximate surface area is 179 Å². The van der Waals surface area contributed by atoms with Crippen molar-refractivity contribution in [3.05, 3.63) is 61.5 Å². The molecule has 0 N–H and O–H groups in total. The van der Waals surface area contributed by atoms with E-state index in [9.17, 15) is 9.59 Å². The molecule has 0 aromatic heterocycles. The highest BCUT2D eigenvalue weighted by Gasteiger charge is 2.34. The van der Waals surface area contributed by atoms with Crippen molar-refractivity contribution >= 4 is 63.2 Å². The highest BCUT2D eigenvalue weighted by molar-refractivity contribution is 14.1. The van der Waals surface area contributed by atoms with Gasteiger partial charge in [-0.15, -0.1) is 0 Å². The number of para-hydroxylation sites is 1. The first kappa shape index (κ1) is 20.0. The van der Waals surface area contributed by atoms with Crippen LogP contribution in [0, 0.1) is 3.57 Å². The molecule has 0 spiro atoms. The van der Waals surface area contributed by atoms with Crippen molar-refractivity contribution in [2.75, 3.05) is 20.3 Å². The summed E-state index contributed by atoms with van der Waals surface area (Å²) in [5, 5.41) is 0.179. The average molecular weight is 516 g/mol. The second-order valence-electron chi connectivity index (χ2n) is 5.51. The highest BCUT2D eigenvalue weighted by Crippen LogP contribution is 2.33. The molecular weight excluding hydrogens is 501 g/mol. The third-order valence-corrected chi connectivity index (χ3v) is 5.82. The van der Waals surface area contributed by atoms with Crippen LogP contribution in [0.5, 0.6) is 11.5 Å². The van der Waals surface area contributed by atoms with Crippen molar-refractivity contribution in [2.45, 2.75) is 0 Å². The lowest BCUT2D eigenvalue weighted by molar-refractivity contribution is -0.123. The van der Waals surface area contributed by atoms with E-state index in [-0.39, 0.29) is 24.3 Å². The number of ether oxygens (including phenoxy) is 2. The molecule has 1 aliphatic heterocycles. The topological polar surface area (TPSA) is 55.8 Å². The van der Waals surface area contributed by atoms with E-state index in [1.54, 1.807) is 37.5 Å². The summed E-state index contributed by atoms with van der Waals surface area (Å²) in [6, 6.07) is 12.6. The van der Waals surface area contributed by atoms with E-state index in [0.717, 1.165) is 26.6 Å². The monoisotopic (exact) mass is 515 g/mol. The molecule has 140 valence electrons. The molecule has 1 fully saturated rings. The molecule has 0 saturated carbocycles. The van der Waals surface area contributed by atoms with Crippen LogP contribution >= 0.6 is 46.0 Å². The second kappa shape index (κ2) is 8.99. The lowest BCUT2D eigenvalue weighted by atomic mass is 10.2. The zero-order valence-corrected chi connectivity index (χ0v) is 18.0. The van der Waals surface area contributed by atoms with Crippen LogP contribution in [0.3, 0.4) is 0 Å². The van der Waals surface area contributed by atoms with Crippen molar-refractivity contribution in [2.24, 2.45) is 0 Å². The predicted octanol–water partition coefficient (Wildman–Crippen LogP) is 5.07. The van der Waals surface area contributed by atoms with Crippen molar-refractivity contribution in [1.29, 1.82) is 0 Å². The summed E-state index contributed by atoms with van der Waals surface area (Å²) < 4.78 is 11.7. The Kier molecular flexibility index (Phi) is 6.67. The second-order valence-corrected chi connectivity index (χ2v) is 8.07. The van der Waals surface area contributed by atoms with E-state index < -0.39 is 0 Å². The molecule has 2 aromatic rings. The van der Waals surface area contributed by atoms with Crippen molar-refractivity contribution in [3.8, 4) is 11.5 Å². The predicted molar refractivity (Wildman–Crippen MR) is 115 cm³/mol. The van der Waals surface area contributed by atoms with Crippen LogP contribution in [0.4, 0.5) is 4.79 Å². The van der Waals surface area contributed by atoms with E-state index in [0.29, 0.717) is 15.7 Å². The molecule has 0 radical (unpaired) electrons. The van der Waals surface area contributed by atoms with Gasteiger partial charge in [0.25, 0.3) is 11.1 Å².